The Morgan fingerprint density at radius 1 is 1.11 bits per heavy atom. The first-order valence-electron chi connectivity index (χ1n) is 16.1. The van der Waals surface area contributed by atoms with E-state index >= 15 is 0 Å². The molecule has 0 fully saturated rings. The number of hydrogen-bond donors (Lipinski definition) is 2. The summed E-state index contributed by atoms with van der Waals surface area (Å²) in [6.45, 7) is 9.18. The molecule has 0 bridgehead atoms. The van der Waals surface area contributed by atoms with Crippen molar-refractivity contribution in [1.29, 1.82) is 0 Å². The Bertz CT molecular complexity index is 1160. The average Bonchev–Trinajstić information content (AvgIpc) is 2.98. The first kappa shape index (κ1) is 35.5. The Morgan fingerprint density at radius 2 is 1.86 bits per heavy atom. The van der Waals surface area contributed by atoms with Gasteiger partial charge in [0.15, 0.2) is 0 Å². The van der Waals surface area contributed by atoms with E-state index in [2.05, 4.69) is 36.3 Å². The fourth-order valence-corrected chi connectivity index (χ4v) is 5.51. The fourth-order valence-electron chi connectivity index (χ4n) is 5.51. The van der Waals surface area contributed by atoms with Crippen LogP contribution in [0.4, 0.5) is 5.69 Å². The lowest BCUT2D eigenvalue weighted by Crippen LogP contribution is -2.47. The Balaban J connectivity index is 1.87. The lowest BCUT2D eigenvalue weighted by Gasteiger charge is -2.36. The summed E-state index contributed by atoms with van der Waals surface area (Å²) in [5.74, 6) is 0.154. The Kier molecular flexibility index (Phi) is 14.6. The van der Waals surface area contributed by atoms with Crippen LogP contribution >= 0.6 is 0 Å². The van der Waals surface area contributed by atoms with Crippen molar-refractivity contribution in [2.24, 2.45) is 5.92 Å². The smallest absolute Gasteiger partial charge is 0.258 e. The van der Waals surface area contributed by atoms with Crippen LogP contribution in [0.1, 0.15) is 68.8 Å². The maximum atomic E-state index is 14.3. The molecule has 9 nitrogen and oxygen atoms in total. The molecule has 2 aromatic carbocycles. The van der Waals surface area contributed by atoms with Crippen LogP contribution in [0.15, 0.2) is 48.5 Å². The van der Waals surface area contributed by atoms with Crippen molar-refractivity contribution in [3.05, 3.63) is 59.7 Å². The van der Waals surface area contributed by atoms with E-state index in [4.69, 9.17) is 9.47 Å². The van der Waals surface area contributed by atoms with Crippen molar-refractivity contribution < 1.29 is 24.2 Å². The topological polar surface area (TPSA) is 94.6 Å². The third kappa shape index (κ3) is 11.5. The summed E-state index contributed by atoms with van der Waals surface area (Å²) in [7, 11) is 6.06. The number of anilines is 1. The van der Waals surface area contributed by atoms with Gasteiger partial charge in [0.1, 0.15) is 5.75 Å². The van der Waals surface area contributed by atoms with E-state index in [9.17, 15) is 14.7 Å². The van der Waals surface area contributed by atoms with Gasteiger partial charge in [0, 0.05) is 44.3 Å². The summed E-state index contributed by atoms with van der Waals surface area (Å²) in [4.78, 5) is 33.0. The minimum atomic E-state index is -0.421. The summed E-state index contributed by atoms with van der Waals surface area (Å²) in [6.07, 6.45) is 3.61. The number of aliphatic hydroxyl groups excluding tert-OH is 1. The summed E-state index contributed by atoms with van der Waals surface area (Å²) in [5, 5.41) is 13.2. The van der Waals surface area contributed by atoms with Crippen molar-refractivity contribution in [2.45, 2.75) is 77.7 Å². The zero-order valence-electron chi connectivity index (χ0n) is 27.6. The van der Waals surface area contributed by atoms with Crippen LogP contribution in [0.3, 0.4) is 0 Å². The van der Waals surface area contributed by atoms with Gasteiger partial charge in [0.2, 0.25) is 5.91 Å². The number of hydrogen-bond acceptors (Lipinski definition) is 7. The molecule has 1 aliphatic heterocycles. The molecule has 0 unspecified atom stereocenters. The third-order valence-electron chi connectivity index (χ3n) is 8.13. The number of rotatable bonds is 11. The van der Waals surface area contributed by atoms with Gasteiger partial charge in [0.05, 0.1) is 30.4 Å². The van der Waals surface area contributed by atoms with Gasteiger partial charge in [-0.25, -0.2) is 0 Å². The molecule has 0 aliphatic carbocycles. The first-order chi connectivity index (χ1) is 21.1. The second-order valence-corrected chi connectivity index (χ2v) is 12.6. The molecule has 3 rings (SSSR count). The number of fused-ring (bicyclic) bond motifs is 1. The van der Waals surface area contributed by atoms with Gasteiger partial charge in [0.25, 0.3) is 5.91 Å². The van der Waals surface area contributed by atoms with E-state index in [1.54, 1.807) is 23.1 Å². The highest BCUT2D eigenvalue weighted by atomic mass is 16.5. The van der Waals surface area contributed by atoms with E-state index in [1.807, 2.05) is 51.0 Å². The zero-order valence-corrected chi connectivity index (χ0v) is 27.6. The van der Waals surface area contributed by atoms with Gasteiger partial charge >= 0.3 is 0 Å². The van der Waals surface area contributed by atoms with E-state index in [-0.39, 0.29) is 36.5 Å². The molecular weight excluding hydrogens is 556 g/mol. The molecule has 244 valence electrons. The van der Waals surface area contributed by atoms with E-state index in [0.29, 0.717) is 43.1 Å². The zero-order chi connectivity index (χ0) is 32.1. The lowest BCUT2D eigenvalue weighted by atomic mass is 10.0. The predicted octanol–water partition coefficient (Wildman–Crippen LogP) is 4.89. The van der Waals surface area contributed by atoms with Gasteiger partial charge in [-0.1, -0.05) is 37.3 Å². The summed E-state index contributed by atoms with van der Waals surface area (Å²) < 4.78 is 12.8. The molecule has 2 aromatic rings. The molecule has 4 atom stereocenters. The molecule has 9 heteroatoms. The molecule has 44 heavy (non-hydrogen) atoms. The van der Waals surface area contributed by atoms with Crippen LogP contribution in [0.25, 0.3) is 0 Å². The number of benzene rings is 2. The SMILES string of the molecule is C[C@@H]1CCCCO[C@H](CN(C)Cc2ccccc2)[C@@H](C)CN([C@H](C)CO)C(=O)c2cc(NC(=O)CCCN(C)C)ccc2O1. The second-order valence-electron chi connectivity index (χ2n) is 12.6. The highest BCUT2D eigenvalue weighted by Gasteiger charge is 2.30. The monoisotopic (exact) mass is 610 g/mol. The number of carbonyl (C=O) groups excluding carboxylic acids is 2. The van der Waals surface area contributed by atoms with Crippen molar-refractivity contribution in [3.8, 4) is 5.75 Å². The molecule has 0 radical (unpaired) electrons. The number of aliphatic hydroxyl groups is 1. The van der Waals surface area contributed by atoms with Crippen LogP contribution in [0.5, 0.6) is 5.75 Å². The molecule has 0 saturated heterocycles. The van der Waals surface area contributed by atoms with E-state index < -0.39 is 6.04 Å². The number of amides is 2. The number of nitrogens with one attached hydrogen (secondary N) is 1. The third-order valence-corrected chi connectivity index (χ3v) is 8.13. The van der Waals surface area contributed by atoms with E-state index in [1.165, 1.54) is 5.56 Å². The van der Waals surface area contributed by atoms with E-state index in [0.717, 1.165) is 38.8 Å². The molecule has 1 aliphatic rings. The molecule has 1 heterocycles. The highest BCUT2D eigenvalue weighted by molar-refractivity contribution is 5.99. The number of carbonyl (C=O) groups is 2. The van der Waals surface area contributed by atoms with Gasteiger partial charge in [-0.05, 0) is 91.0 Å². The number of ether oxygens (including phenoxy) is 2. The lowest BCUT2D eigenvalue weighted by molar-refractivity contribution is -0.116. The Hall–Kier alpha value is -2.98. The average molecular weight is 611 g/mol. The quantitative estimate of drug-likeness (QED) is 0.374. The fraction of sp³-hybridized carbons (Fsp3) is 0.600. The van der Waals surface area contributed by atoms with Crippen LogP contribution in [0, 0.1) is 5.92 Å². The van der Waals surface area contributed by atoms with Crippen molar-refractivity contribution in [2.75, 3.05) is 59.3 Å². The van der Waals surface area contributed by atoms with Crippen molar-refractivity contribution in [1.82, 2.24) is 14.7 Å². The minimum Gasteiger partial charge on any atom is -0.490 e. The Morgan fingerprint density at radius 3 is 2.57 bits per heavy atom. The summed E-state index contributed by atoms with van der Waals surface area (Å²) in [5.41, 5.74) is 2.17. The van der Waals surface area contributed by atoms with Gasteiger partial charge in [-0.2, -0.15) is 0 Å². The number of nitrogens with zero attached hydrogens (tertiary/aromatic N) is 3. The maximum absolute atomic E-state index is 14.3. The second kappa shape index (κ2) is 18.1. The normalized spacial score (nSPS) is 21.0. The number of likely N-dealkylation sites (N-methyl/N-ethyl adjacent to an activating group) is 1. The standard InChI is InChI=1S/C35H54N4O5/c1-26-22-39(27(2)25-40)35(42)31-21-30(36-34(41)16-12-19-37(4)5)17-18-32(31)44-28(3)13-10-11-20-43-33(26)24-38(6)23-29-14-8-7-9-15-29/h7-9,14-15,17-18,21,26-28,33,40H,10-13,16,19-20,22-25H2,1-6H3,(H,36,41)/t26-,27+,28+,33+/m0/s1. The van der Waals surface area contributed by atoms with Crippen LogP contribution in [-0.4, -0.2) is 104 Å². The molecule has 2 N–H and O–H groups in total. The van der Waals surface area contributed by atoms with Crippen molar-refractivity contribution in [3.63, 3.8) is 0 Å². The largest absolute Gasteiger partial charge is 0.490 e. The molecule has 0 saturated carbocycles. The summed E-state index contributed by atoms with van der Waals surface area (Å²) >= 11 is 0. The van der Waals surface area contributed by atoms with Crippen LogP contribution in [-0.2, 0) is 16.1 Å². The van der Waals surface area contributed by atoms with Crippen LogP contribution in [0.2, 0.25) is 0 Å². The minimum absolute atomic E-state index is 0.00279. The molecule has 0 spiro atoms. The molecule has 2 amide bonds. The highest BCUT2D eigenvalue weighted by Crippen LogP contribution is 2.28. The van der Waals surface area contributed by atoms with Gasteiger partial charge in [-0.15, -0.1) is 0 Å². The van der Waals surface area contributed by atoms with Gasteiger partial charge in [-0.3, -0.25) is 14.5 Å². The Labute approximate surface area is 264 Å². The summed E-state index contributed by atoms with van der Waals surface area (Å²) in [6, 6.07) is 15.2. The first-order valence-corrected chi connectivity index (χ1v) is 16.1. The van der Waals surface area contributed by atoms with Crippen molar-refractivity contribution >= 4 is 17.5 Å². The van der Waals surface area contributed by atoms with Crippen LogP contribution < -0.4 is 10.1 Å². The predicted molar refractivity (Wildman–Crippen MR) is 176 cm³/mol. The molecule has 0 aromatic heterocycles. The maximum Gasteiger partial charge on any atom is 0.258 e. The van der Waals surface area contributed by atoms with Gasteiger partial charge < -0.3 is 29.7 Å². The molecular formula is C35H54N4O5.